The van der Waals surface area contributed by atoms with E-state index in [1.807, 2.05) is 48.2 Å². The maximum Gasteiger partial charge on any atom is 0.249 e. The molecule has 1 aromatic carbocycles. The van der Waals surface area contributed by atoms with Gasteiger partial charge in [-0.25, -0.2) is 0 Å². The van der Waals surface area contributed by atoms with Crippen LogP contribution in [-0.2, 0) is 9.53 Å². The van der Waals surface area contributed by atoms with E-state index in [0.717, 1.165) is 5.56 Å². The molecular weight excluding hydrogens is 202 g/mol. The van der Waals surface area contributed by atoms with Crippen molar-refractivity contribution in [1.29, 1.82) is 0 Å². The molecule has 16 heavy (non-hydrogen) atoms. The molecule has 82 valence electrons. The third kappa shape index (κ3) is 1.21. The molecule has 2 atom stereocenters. The van der Waals surface area contributed by atoms with Crippen LogP contribution in [0.5, 0.6) is 0 Å². The van der Waals surface area contributed by atoms with E-state index in [1.165, 1.54) is 0 Å². The van der Waals surface area contributed by atoms with Gasteiger partial charge in [-0.05, 0) is 6.92 Å². The van der Waals surface area contributed by atoms with E-state index >= 15 is 0 Å². The quantitative estimate of drug-likeness (QED) is 0.715. The van der Waals surface area contributed by atoms with Crippen molar-refractivity contribution in [2.24, 2.45) is 0 Å². The van der Waals surface area contributed by atoms with Crippen molar-refractivity contribution >= 4 is 5.91 Å². The topological polar surface area (TPSA) is 29.5 Å². The number of benzene rings is 1. The van der Waals surface area contributed by atoms with Gasteiger partial charge in [0.2, 0.25) is 5.91 Å². The normalized spacial score (nSPS) is 32.2. The fourth-order valence-corrected chi connectivity index (χ4v) is 2.35. The Kier molecular flexibility index (Phi) is 1.91. The Balaban J connectivity index is 1.98. The molecule has 2 aliphatic heterocycles. The average Bonchev–Trinajstić information content (AvgIpc) is 2.78. The number of hydrogen-bond donors (Lipinski definition) is 0. The molecule has 1 aromatic rings. The first kappa shape index (κ1) is 9.60. The summed E-state index contributed by atoms with van der Waals surface area (Å²) >= 11 is 0. The molecule has 2 aliphatic rings. The number of nitrogens with zero attached hydrogens (tertiary/aromatic N) is 1. The highest BCUT2D eigenvalue weighted by Crippen LogP contribution is 2.40. The average molecular weight is 215 g/mol. The van der Waals surface area contributed by atoms with E-state index in [-0.39, 0.29) is 17.7 Å². The Bertz CT molecular complexity index is 454. The van der Waals surface area contributed by atoms with Crippen LogP contribution in [0.15, 0.2) is 42.5 Å². The molecule has 3 nitrogen and oxygen atoms in total. The number of fused-ring (bicyclic) bond motifs is 1. The van der Waals surface area contributed by atoms with Crippen molar-refractivity contribution in [3.63, 3.8) is 0 Å². The molecule has 1 saturated heterocycles. The zero-order valence-electron chi connectivity index (χ0n) is 9.09. The molecule has 0 aromatic heterocycles. The first-order valence-corrected chi connectivity index (χ1v) is 5.40. The number of carbonyl (C=O) groups excluding carboxylic acids is 1. The summed E-state index contributed by atoms with van der Waals surface area (Å²) in [6.45, 7) is 2.59. The lowest BCUT2D eigenvalue weighted by Crippen LogP contribution is -2.41. The second-order valence-electron chi connectivity index (χ2n) is 4.47. The Morgan fingerprint density at radius 1 is 1.38 bits per heavy atom. The second kappa shape index (κ2) is 3.19. The van der Waals surface area contributed by atoms with E-state index in [0.29, 0.717) is 6.61 Å². The smallest absolute Gasteiger partial charge is 0.249 e. The van der Waals surface area contributed by atoms with Gasteiger partial charge in [0.25, 0.3) is 0 Å². The van der Waals surface area contributed by atoms with E-state index in [1.54, 1.807) is 6.08 Å². The number of amides is 1. The lowest BCUT2D eigenvalue weighted by atomic mass is 10.0. The molecule has 1 amide bonds. The Hall–Kier alpha value is -1.61. The van der Waals surface area contributed by atoms with Crippen molar-refractivity contribution in [2.75, 3.05) is 6.61 Å². The third-order valence-electron chi connectivity index (χ3n) is 3.23. The predicted octanol–water partition coefficient (Wildman–Crippen LogP) is 1.87. The monoisotopic (exact) mass is 215 g/mol. The molecule has 3 rings (SSSR count). The van der Waals surface area contributed by atoms with Gasteiger partial charge in [0.1, 0.15) is 0 Å². The SMILES string of the molecule is C[C@]12C=CC(=O)N1[C@H](c1ccccc1)OC2. The van der Waals surface area contributed by atoms with Gasteiger partial charge in [-0.1, -0.05) is 36.4 Å². The Morgan fingerprint density at radius 3 is 2.88 bits per heavy atom. The molecule has 0 radical (unpaired) electrons. The van der Waals surface area contributed by atoms with Gasteiger partial charge in [0.05, 0.1) is 12.1 Å². The van der Waals surface area contributed by atoms with Crippen LogP contribution in [0.4, 0.5) is 0 Å². The van der Waals surface area contributed by atoms with Crippen molar-refractivity contribution in [1.82, 2.24) is 4.90 Å². The second-order valence-corrected chi connectivity index (χ2v) is 4.47. The van der Waals surface area contributed by atoms with Crippen LogP contribution in [0, 0.1) is 0 Å². The van der Waals surface area contributed by atoms with Gasteiger partial charge >= 0.3 is 0 Å². The summed E-state index contributed by atoms with van der Waals surface area (Å²) < 4.78 is 5.73. The van der Waals surface area contributed by atoms with E-state index in [9.17, 15) is 4.79 Å². The first-order valence-electron chi connectivity index (χ1n) is 5.40. The minimum atomic E-state index is -0.266. The van der Waals surface area contributed by atoms with Crippen molar-refractivity contribution < 1.29 is 9.53 Å². The summed E-state index contributed by atoms with van der Waals surface area (Å²) in [6, 6.07) is 9.86. The summed E-state index contributed by atoms with van der Waals surface area (Å²) in [5.41, 5.74) is 0.765. The maximum atomic E-state index is 11.8. The zero-order valence-corrected chi connectivity index (χ0v) is 9.09. The fraction of sp³-hybridized carbons (Fsp3) is 0.308. The molecule has 0 aliphatic carbocycles. The molecule has 0 N–H and O–H groups in total. The lowest BCUT2D eigenvalue weighted by Gasteiger charge is -2.28. The highest BCUT2D eigenvalue weighted by molar-refractivity contribution is 5.92. The highest BCUT2D eigenvalue weighted by Gasteiger charge is 2.48. The van der Waals surface area contributed by atoms with Crippen molar-refractivity contribution in [2.45, 2.75) is 18.7 Å². The van der Waals surface area contributed by atoms with Gasteiger partial charge in [-0.15, -0.1) is 0 Å². The maximum absolute atomic E-state index is 11.8. The largest absolute Gasteiger partial charge is 0.351 e. The summed E-state index contributed by atoms with van der Waals surface area (Å²) in [5, 5.41) is 0. The van der Waals surface area contributed by atoms with Gasteiger partial charge < -0.3 is 4.74 Å². The standard InChI is InChI=1S/C13H13NO2/c1-13-8-7-11(15)14(13)12(16-9-13)10-5-3-2-4-6-10/h2-8,12H,9H2,1H3/t12-,13+/m0/s1. The third-order valence-corrected chi connectivity index (χ3v) is 3.23. The summed E-state index contributed by atoms with van der Waals surface area (Å²) in [7, 11) is 0. The minimum Gasteiger partial charge on any atom is -0.351 e. The van der Waals surface area contributed by atoms with Crippen LogP contribution < -0.4 is 0 Å². The molecule has 2 heterocycles. The number of rotatable bonds is 1. The van der Waals surface area contributed by atoms with Gasteiger partial charge in [-0.3, -0.25) is 9.69 Å². The van der Waals surface area contributed by atoms with Crippen LogP contribution in [-0.4, -0.2) is 23.0 Å². The van der Waals surface area contributed by atoms with E-state index < -0.39 is 0 Å². The van der Waals surface area contributed by atoms with Crippen molar-refractivity contribution in [3.8, 4) is 0 Å². The Labute approximate surface area is 94.3 Å². The molecule has 3 heteroatoms. The number of hydrogen-bond acceptors (Lipinski definition) is 2. The fourth-order valence-electron chi connectivity index (χ4n) is 2.35. The van der Waals surface area contributed by atoms with Crippen LogP contribution in [0.2, 0.25) is 0 Å². The summed E-state index contributed by atoms with van der Waals surface area (Å²) in [5.74, 6) is 0.0360. The molecular formula is C13H13NO2. The predicted molar refractivity (Wildman–Crippen MR) is 59.5 cm³/mol. The summed E-state index contributed by atoms with van der Waals surface area (Å²) in [6.07, 6.45) is 3.32. The molecule has 0 bridgehead atoms. The van der Waals surface area contributed by atoms with Crippen LogP contribution in [0.1, 0.15) is 18.7 Å². The van der Waals surface area contributed by atoms with Crippen LogP contribution in [0.25, 0.3) is 0 Å². The van der Waals surface area contributed by atoms with Gasteiger partial charge in [0.15, 0.2) is 6.23 Å². The molecule has 0 unspecified atom stereocenters. The van der Waals surface area contributed by atoms with Gasteiger partial charge in [-0.2, -0.15) is 0 Å². The lowest BCUT2D eigenvalue weighted by molar-refractivity contribution is -0.132. The number of ether oxygens (including phenoxy) is 1. The minimum absolute atomic E-state index is 0.0360. The number of carbonyl (C=O) groups is 1. The molecule has 0 saturated carbocycles. The molecule has 0 spiro atoms. The first-order chi connectivity index (χ1) is 7.71. The summed E-state index contributed by atoms with van der Waals surface area (Å²) in [4.78, 5) is 13.6. The Morgan fingerprint density at radius 2 is 2.12 bits per heavy atom. The van der Waals surface area contributed by atoms with Gasteiger partial charge in [0, 0.05) is 11.6 Å². The van der Waals surface area contributed by atoms with Crippen molar-refractivity contribution in [3.05, 3.63) is 48.0 Å². The van der Waals surface area contributed by atoms with Crippen LogP contribution >= 0.6 is 0 Å². The highest BCUT2D eigenvalue weighted by atomic mass is 16.5. The van der Waals surface area contributed by atoms with E-state index in [2.05, 4.69) is 0 Å². The molecule has 1 fully saturated rings. The van der Waals surface area contributed by atoms with E-state index in [4.69, 9.17) is 4.74 Å². The van der Waals surface area contributed by atoms with Crippen LogP contribution in [0.3, 0.4) is 0 Å². The zero-order chi connectivity index (χ0) is 11.2.